The van der Waals surface area contributed by atoms with Gasteiger partial charge in [0.05, 0.1) is 25.1 Å². The fourth-order valence-electron chi connectivity index (χ4n) is 3.68. The van der Waals surface area contributed by atoms with E-state index in [0.29, 0.717) is 23.7 Å². The van der Waals surface area contributed by atoms with Gasteiger partial charge in [-0.15, -0.1) is 0 Å². The zero-order chi connectivity index (χ0) is 20.2. The van der Waals surface area contributed by atoms with Crippen LogP contribution < -0.4 is 0 Å². The number of Topliss-reactive ketones (excluding diaryl/α,β-unsaturated/α-hetero) is 1. The lowest BCUT2D eigenvalue weighted by molar-refractivity contribution is -0.156. The van der Waals surface area contributed by atoms with Gasteiger partial charge in [-0.3, -0.25) is 9.59 Å². The minimum atomic E-state index is -0.948. The van der Waals surface area contributed by atoms with E-state index >= 15 is 0 Å². The van der Waals surface area contributed by atoms with Crippen LogP contribution in [0.1, 0.15) is 71.3 Å². The van der Waals surface area contributed by atoms with Crippen molar-refractivity contribution in [1.82, 2.24) is 0 Å². The van der Waals surface area contributed by atoms with E-state index < -0.39 is 23.1 Å². The van der Waals surface area contributed by atoms with Crippen molar-refractivity contribution in [2.45, 2.75) is 77.4 Å². The molecule has 0 aliphatic heterocycles. The Kier molecular flexibility index (Phi) is 7.09. The molecule has 1 aromatic rings. The second-order valence-electron chi connectivity index (χ2n) is 8.42. The van der Waals surface area contributed by atoms with Crippen molar-refractivity contribution in [3.8, 4) is 0 Å². The number of halogens is 1. The molecule has 1 fully saturated rings. The number of aliphatic hydroxyl groups is 1. The van der Waals surface area contributed by atoms with Crippen molar-refractivity contribution in [3.05, 3.63) is 34.7 Å². The molecule has 6 heteroatoms. The predicted molar refractivity (Wildman–Crippen MR) is 107 cm³/mol. The fourth-order valence-corrected chi connectivity index (χ4v) is 4.07. The monoisotopic (exact) mass is 440 g/mol. The summed E-state index contributed by atoms with van der Waals surface area (Å²) in [4.78, 5) is 24.4. The zero-order valence-corrected chi connectivity index (χ0v) is 18.0. The third-order valence-electron chi connectivity index (χ3n) is 5.11. The van der Waals surface area contributed by atoms with Gasteiger partial charge in [-0.05, 0) is 57.6 Å². The Labute approximate surface area is 169 Å². The molecule has 1 aliphatic carbocycles. The lowest BCUT2D eigenvalue weighted by atomic mass is 9.73. The SMILES string of the molecule is CC(C)(C)OC(=O)CC(O)/C(Br)=C/CC[C@@]1(C)C(=O)CC[C@@H]1c1ccoc1. The van der Waals surface area contributed by atoms with Crippen molar-refractivity contribution in [2.75, 3.05) is 0 Å². The fraction of sp³-hybridized carbons (Fsp3) is 0.619. The van der Waals surface area contributed by atoms with E-state index in [2.05, 4.69) is 15.9 Å². The Hall–Kier alpha value is -1.40. The summed E-state index contributed by atoms with van der Waals surface area (Å²) in [5.41, 5.74) is 0.0485. The van der Waals surface area contributed by atoms with Crippen LogP contribution in [0.25, 0.3) is 0 Å². The molecule has 0 bridgehead atoms. The third kappa shape index (κ3) is 5.79. The summed E-state index contributed by atoms with van der Waals surface area (Å²) in [6, 6.07) is 1.93. The summed E-state index contributed by atoms with van der Waals surface area (Å²) in [7, 11) is 0. The Morgan fingerprint density at radius 3 is 2.81 bits per heavy atom. The summed E-state index contributed by atoms with van der Waals surface area (Å²) in [5, 5.41) is 10.2. The molecule has 1 unspecified atom stereocenters. The summed E-state index contributed by atoms with van der Waals surface area (Å²) in [6.45, 7) is 7.38. The summed E-state index contributed by atoms with van der Waals surface area (Å²) >= 11 is 3.35. The quantitative estimate of drug-likeness (QED) is 0.610. The molecule has 150 valence electrons. The maximum absolute atomic E-state index is 12.5. The molecule has 1 aromatic heterocycles. The number of carbonyl (C=O) groups is 2. The third-order valence-corrected chi connectivity index (χ3v) is 5.97. The number of allylic oxidation sites excluding steroid dienone is 1. The average molecular weight is 441 g/mol. The minimum Gasteiger partial charge on any atom is -0.472 e. The summed E-state index contributed by atoms with van der Waals surface area (Å²) in [6.07, 6.45) is 6.87. The van der Waals surface area contributed by atoms with Gasteiger partial charge in [-0.25, -0.2) is 0 Å². The summed E-state index contributed by atoms with van der Waals surface area (Å²) in [5.74, 6) is -0.0200. The maximum Gasteiger partial charge on any atom is 0.309 e. The highest BCUT2D eigenvalue weighted by Gasteiger charge is 2.46. The molecule has 3 atom stereocenters. The molecule has 27 heavy (non-hydrogen) atoms. The molecule has 0 aromatic carbocycles. The van der Waals surface area contributed by atoms with Gasteiger partial charge < -0.3 is 14.3 Å². The van der Waals surface area contributed by atoms with Crippen LogP contribution in [0, 0.1) is 5.41 Å². The van der Waals surface area contributed by atoms with E-state index in [0.717, 1.165) is 12.0 Å². The van der Waals surface area contributed by atoms with E-state index in [9.17, 15) is 14.7 Å². The highest BCUT2D eigenvalue weighted by Crippen LogP contribution is 2.49. The standard InChI is InChI=1S/C21H29BrO5/c1-20(2,3)27-19(25)12-17(23)16(22)6-5-10-21(4)15(7-8-18(21)24)14-9-11-26-13-14/h6,9,11,13,15,17,23H,5,7-8,10,12H2,1-4H3/b16-6-/t15-,17?,21-/m1/s1. The average Bonchev–Trinajstić information content (AvgIpc) is 3.15. The number of carbonyl (C=O) groups excluding carboxylic acids is 2. The smallest absolute Gasteiger partial charge is 0.309 e. The van der Waals surface area contributed by atoms with Crippen LogP contribution in [0.4, 0.5) is 0 Å². The number of esters is 1. The van der Waals surface area contributed by atoms with E-state index in [-0.39, 0.29) is 18.1 Å². The zero-order valence-electron chi connectivity index (χ0n) is 16.5. The van der Waals surface area contributed by atoms with Crippen LogP contribution in [0.2, 0.25) is 0 Å². The molecule has 0 radical (unpaired) electrons. The van der Waals surface area contributed by atoms with Gasteiger partial charge in [0.25, 0.3) is 0 Å². The molecule has 0 spiro atoms. The number of furan rings is 1. The Morgan fingerprint density at radius 1 is 1.52 bits per heavy atom. The molecule has 1 heterocycles. The van der Waals surface area contributed by atoms with Gasteiger partial charge >= 0.3 is 5.97 Å². The highest BCUT2D eigenvalue weighted by atomic mass is 79.9. The summed E-state index contributed by atoms with van der Waals surface area (Å²) < 4.78 is 11.0. The number of ketones is 1. The number of rotatable bonds is 7. The maximum atomic E-state index is 12.5. The van der Waals surface area contributed by atoms with E-state index in [1.807, 2.05) is 19.1 Å². The van der Waals surface area contributed by atoms with Crippen molar-refractivity contribution in [2.24, 2.45) is 5.41 Å². The minimum absolute atomic E-state index is 0.109. The first kappa shape index (κ1) is 21.9. The number of hydrogen-bond acceptors (Lipinski definition) is 5. The molecule has 0 amide bonds. The largest absolute Gasteiger partial charge is 0.472 e. The molecule has 0 saturated heterocycles. The van der Waals surface area contributed by atoms with Crippen LogP contribution in [-0.2, 0) is 14.3 Å². The number of aliphatic hydroxyl groups excluding tert-OH is 1. The number of hydrogen-bond donors (Lipinski definition) is 1. The second-order valence-corrected chi connectivity index (χ2v) is 9.34. The van der Waals surface area contributed by atoms with Crippen molar-refractivity contribution in [1.29, 1.82) is 0 Å². The van der Waals surface area contributed by atoms with Crippen molar-refractivity contribution in [3.63, 3.8) is 0 Å². The van der Waals surface area contributed by atoms with E-state index in [1.165, 1.54) is 0 Å². The molecule has 1 aliphatic rings. The van der Waals surface area contributed by atoms with Crippen LogP contribution in [0.3, 0.4) is 0 Å². The first-order valence-electron chi connectivity index (χ1n) is 9.34. The van der Waals surface area contributed by atoms with Crippen LogP contribution in [0.15, 0.2) is 33.6 Å². The van der Waals surface area contributed by atoms with Gasteiger partial charge in [-0.1, -0.05) is 28.9 Å². The normalized spacial score (nSPS) is 24.9. The van der Waals surface area contributed by atoms with E-state index in [1.54, 1.807) is 33.3 Å². The highest BCUT2D eigenvalue weighted by molar-refractivity contribution is 9.11. The molecular formula is C21H29BrO5. The molecule has 1 saturated carbocycles. The topological polar surface area (TPSA) is 76.7 Å². The molecule has 1 N–H and O–H groups in total. The Morgan fingerprint density at radius 2 is 2.22 bits per heavy atom. The lowest BCUT2D eigenvalue weighted by Crippen LogP contribution is -2.27. The predicted octanol–water partition coefficient (Wildman–Crippen LogP) is 4.88. The van der Waals surface area contributed by atoms with Crippen molar-refractivity contribution >= 4 is 27.7 Å². The van der Waals surface area contributed by atoms with Gasteiger partial charge in [0, 0.05) is 16.3 Å². The van der Waals surface area contributed by atoms with Crippen molar-refractivity contribution < 1.29 is 23.8 Å². The van der Waals surface area contributed by atoms with Crippen LogP contribution in [-0.4, -0.2) is 28.6 Å². The first-order valence-corrected chi connectivity index (χ1v) is 10.1. The van der Waals surface area contributed by atoms with E-state index in [4.69, 9.17) is 9.15 Å². The Bertz CT molecular complexity index is 686. The second kappa shape index (κ2) is 8.74. The van der Waals surface area contributed by atoms with Gasteiger partial charge in [-0.2, -0.15) is 0 Å². The lowest BCUT2D eigenvalue weighted by Gasteiger charge is -2.29. The van der Waals surface area contributed by atoms with Crippen LogP contribution in [0.5, 0.6) is 0 Å². The Balaban J connectivity index is 1.94. The number of ether oxygens (including phenoxy) is 1. The molecule has 5 nitrogen and oxygen atoms in total. The van der Waals surface area contributed by atoms with Gasteiger partial charge in [0.2, 0.25) is 0 Å². The van der Waals surface area contributed by atoms with Gasteiger partial charge in [0.15, 0.2) is 0 Å². The van der Waals surface area contributed by atoms with Gasteiger partial charge in [0.1, 0.15) is 11.4 Å². The first-order chi connectivity index (χ1) is 12.5. The molecule has 2 rings (SSSR count). The van der Waals surface area contributed by atoms with Crippen LogP contribution >= 0.6 is 15.9 Å². The molecular weight excluding hydrogens is 412 g/mol.